The maximum Gasteiger partial charge on any atom is 0.408 e. The summed E-state index contributed by atoms with van der Waals surface area (Å²) in [7, 11) is 0. The minimum absolute atomic E-state index is 0.00592. The number of phenols is 1. The lowest BCUT2D eigenvalue weighted by atomic mass is 9.91. The first-order valence-corrected chi connectivity index (χ1v) is 13.4. The number of thiol groups is 1. The fourth-order valence-electron chi connectivity index (χ4n) is 3.63. The van der Waals surface area contributed by atoms with Gasteiger partial charge in [0.25, 0.3) is 0 Å². The van der Waals surface area contributed by atoms with E-state index in [2.05, 4.69) is 23.3 Å². The number of amides is 3. The highest BCUT2D eigenvalue weighted by atomic mass is 32.1. The number of esters is 1. The van der Waals surface area contributed by atoms with Gasteiger partial charge in [-0.15, -0.1) is 0 Å². The summed E-state index contributed by atoms with van der Waals surface area (Å²) in [4.78, 5) is 53.4. The van der Waals surface area contributed by atoms with Crippen LogP contribution in [-0.2, 0) is 23.9 Å². The fourth-order valence-corrected chi connectivity index (χ4v) is 3.88. The van der Waals surface area contributed by atoms with Crippen LogP contribution in [0.4, 0.5) is 4.79 Å². The van der Waals surface area contributed by atoms with Crippen LogP contribution in [0.1, 0.15) is 78.5 Å². The molecule has 10 nitrogen and oxygen atoms in total. The molecule has 0 fully saturated rings. The van der Waals surface area contributed by atoms with Crippen molar-refractivity contribution >= 4 is 36.5 Å². The molecule has 3 amide bonds. The van der Waals surface area contributed by atoms with Crippen molar-refractivity contribution in [3.05, 3.63) is 29.3 Å². The largest absolute Gasteiger partial charge is 0.508 e. The molecule has 0 aliphatic carbocycles. The molecule has 38 heavy (non-hydrogen) atoms. The number of phenolic OH excluding ortho intramolecular Hbond substituents is 1. The van der Waals surface area contributed by atoms with Gasteiger partial charge in [-0.3, -0.25) is 14.4 Å². The monoisotopic (exact) mass is 553 g/mol. The lowest BCUT2D eigenvalue weighted by molar-refractivity contribution is -0.149. The Morgan fingerprint density at radius 1 is 1.11 bits per heavy atom. The van der Waals surface area contributed by atoms with Crippen molar-refractivity contribution < 1.29 is 33.8 Å². The van der Waals surface area contributed by atoms with Crippen molar-refractivity contribution in [1.29, 1.82) is 0 Å². The van der Waals surface area contributed by atoms with E-state index in [1.807, 2.05) is 20.8 Å². The van der Waals surface area contributed by atoms with Crippen molar-refractivity contribution in [1.82, 2.24) is 15.5 Å². The second-order valence-electron chi connectivity index (χ2n) is 10.6. The molecule has 2 unspecified atom stereocenters. The molecule has 0 bridgehead atoms. The summed E-state index contributed by atoms with van der Waals surface area (Å²) in [6, 6.07) is 2.43. The van der Waals surface area contributed by atoms with E-state index in [0.29, 0.717) is 17.5 Å². The van der Waals surface area contributed by atoms with Gasteiger partial charge in [-0.25, -0.2) is 4.79 Å². The summed E-state index contributed by atoms with van der Waals surface area (Å²) in [5.41, 5.74) is -0.644. The Balaban J connectivity index is 3.51. The number of benzene rings is 1. The summed E-state index contributed by atoms with van der Waals surface area (Å²) in [6.45, 7) is 14.3. The Morgan fingerprint density at radius 2 is 1.74 bits per heavy atom. The standard InChI is InChI=1S/C27H43N3O7S/c1-9-27(7,8)30(24(34)19(16-38)29-25(35)37-26(4,5)6)22(18-11-12-20(31)17(3)15-18)23(33)28-14-13-21(32)36-10-2/h11-12,15,19,22,31,38H,9-10,13-14,16H2,1-8H3,(H,28,33)(H,29,35). The third-order valence-electron chi connectivity index (χ3n) is 5.90. The van der Waals surface area contributed by atoms with Gasteiger partial charge in [0.05, 0.1) is 13.0 Å². The van der Waals surface area contributed by atoms with E-state index >= 15 is 0 Å². The number of hydrogen-bond acceptors (Lipinski definition) is 8. The van der Waals surface area contributed by atoms with Crippen LogP contribution < -0.4 is 10.6 Å². The van der Waals surface area contributed by atoms with Crippen molar-refractivity contribution in [2.75, 3.05) is 18.9 Å². The number of aryl methyl sites for hydroxylation is 1. The molecule has 11 heteroatoms. The second-order valence-corrected chi connectivity index (χ2v) is 10.9. The summed E-state index contributed by atoms with van der Waals surface area (Å²) < 4.78 is 10.3. The van der Waals surface area contributed by atoms with E-state index in [1.165, 1.54) is 11.0 Å². The molecule has 0 heterocycles. The molecule has 1 aromatic rings. The number of nitrogens with zero attached hydrogens (tertiary/aromatic N) is 1. The quantitative estimate of drug-likeness (QED) is 0.229. The maximum absolute atomic E-state index is 14.0. The van der Waals surface area contributed by atoms with Crippen LogP contribution in [-0.4, -0.2) is 70.0 Å². The summed E-state index contributed by atoms with van der Waals surface area (Å²) >= 11 is 4.29. The molecule has 1 rings (SSSR count). The van der Waals surface area contributed by atoms with E-state index in [-0.39, 0.29) is 31.1 Å². The lowest BCUT2D eigenvalue weighted by Gasteiger charge is -2.44. The Kier molecular flexibility index (Phi) is 12.4. The molecule has 0 saturated carbocycles. The molecule has 214 valence electrons. The van der Waals surface area contributed by atoms with Crippen LogP contribution in [0.25, 0.3) is 0 Å². The first-order valence-electron chi connectivity index (χ1n) is 12.7. The Bertz CT molecular complexity index is 991. The first-order chi connectivity index (χ1) is 17.6. The predicted octanol–water partition coefficient (Wildman–Crippen LogP) is 3.65. The molecular formula is C27H43N3O7S. The average Bonchev–Trinajstić information content (AvgIpc) is 2.81. The van der Waals surface area contributed by atoms with Crippen molar-refractivity contribution in [2.45, 2.75) is 91.5 Å². The fraction of sp³-hybridized carbons (Fsp3) is 0.630. The number of hydrogen-bond donors (Lipinski definition) is 4. The van der Waals surface area contributed by atoms with E-state index in [4.69, 9.17) is 9.47 Å². The van der Waals surface area contributed by atoms with Gasteiger partial charge in [-0.1, -0.05) is 13.0 Å². The highest BCUT2D eigenvalue weighted by Gasteiger charge is 2.43. The normalized spacial score (nSPS) is 13.2. The van der Waals surface area contributed by atoms with Crippen LogP contribution in [0.2, 0.25) is 0 Å². The Hall–Kier alpha value is -2.95. The van der Waals surface area contributed by atoms with Crippen LogP contribution in [0.15, 0.2) is 18.2 Å². The number of carbonyl (C=O) groups is 4. The smallest absolute Gasteiger partial charge is 0.408 e. The van der Waals surface area contributed by atoms with Gasteiger partial charge >= 0.3 is 12.1 Å². The molecule has 3 N–H and O–H groups in total. The third kappa shape index (κ3) is 9.74. The van der Waals surface area contributed by atoms with E-state index in [9.17, 15) is 24.3 Å². The van der Waals surface area contributed by atoms with E-state index < -0.39 is 47.1 Å². The zero-order chi connectivity index (χ0) is 29.3. The first kappa shape index (κ1) is 33.1. The van der Waals surface area contributed by atoms with Crippen molar-refractivity contribution in [3.63, 3.8) is 0 Å². The van der Waals surface area contributed by atoms with Gasteiger partial charge < -0.3 is 30.1 Å². The molecule has 0 aliphatic rings. The third-order valence-corrected chi connectivity index (χ3v) is 6.27. The minimum atomic E-state index is -1.14. The maximum atomic E-state index is 14.0. The predicted molar refractivity (Wildman–Crippen MR) is 148 cm³/mol. The number of nitrogens with one attached hydrogen (secondary N) is 2. The highest BCUT2D eigenvalue weighted by molar-refractivity contribution is 7.80. The van der Waals surface area contributed by atoms with Crippen molar-refractivity contribution in [2.24, 2.45) is 0 Å². The molecule has 1 aromatic carbocycles. The van der Waals surface area contributed by atoms with E-state index in [1.54, 1.807) is 46.8 Å². The Morgan fingerprint density at radius 3 is 2.24 bits per heavy atom. The number of rotatable bonds is 12. The Labute approximate surface area is 231 Å². The van der Waals surface area contributed by atoms with Crippen LogP contribution in [0, 0.1) is 6.92 Å². The molecular weight excluding hydrogens is 510 g/mol. The van der Waals surface area contributed by atoms with Gasteiger partial charge in [0.1, 0.15) is 23.4 Å². The van der Waals surface area contributed by atoms with Gasteiger partial charge in [0.2, 0.25) is 11.8 Å². The number of ether oxygens (including phenoxy) is 2. The summed E-state index contributed by atoms with van der Waals surface area (Å²) in [5.74, 6) is -1.51. The van der Waals surface area contributed by atoms with Crippen LogP contribution in [0.3, 0.4) is 0 Å². The van der Waals surface area contributed by atoms with Gasteiger partial charge in [-0.2, -0.15) is 12.6 Å². The van der Waals surface area contributed by atoms with Gasteiger partial charge in [0.15, 0.2) is 0 Å². The van der Waals surface area contributed by atoms with Crippen molar-refractivity contribution in [3.8, 4) is 5.75 Å². The minimum Gasteiger partial charge on any atom is -0.508 e. The molecule has 0 spiro atoms. The second kappa shape index (κ2) is 14.3. The lowest BCUT2D eigenvalue weighted by Crippen LogP contribution is -2.60. The molecule has 0 aliphatic heterocycles. The molecule has 0 saturated heterocycles. The van der Waals surface area contributed by atoms with Gasteiger partial charge in [0, 0.05) is 17.8 Å². The topological polar surface area (TPSA) is 134 Å². The summed E-state index contributed by atoms with van der Waals surface area (Å²) in [5, 5.41) is 15.4. The summed E-state index contributed by atoms with van der Waals surface area (Å²) in [6.07, 6.45) is -0.338. The molecule has 0 aromatic heterocycles. The zero-order valence-corrected chi connectivity index (χ0v) is 24.6. The number of aromatic hydroxyl groups is 1. The average molecular weight is 554 g/mol. The number of carbonyl (C=O) groups excluding carboxylic acids is 4. The van der Waals surface area contributed by atoms with E-state index in [0.717, 1.165) is 0 Å². The highest BCUT2D eigenvalue weighted by Crippen LogP contribution is 2.34. The zero-order valence-electron chi connectivity index (χ0n) is 23.7. The molecule has 2 atom stereocenters. The number of alkyl carbamates (subject to hydrolysis) is 1. The SMILES string of the molecule is CCOC(=O)CCNC(=O)C(c1ccc(O)c(C)c1)N(C(=O)C(CS)NC(=O)OC(C)(C)C)C(C)(C)CC. The molecule has 0 radical (unpaired) electrons. The van der Waals surface area contributed by atoms with Gasteiger partial charge in [-0.05, 0) is 78.1 Å². The van der Waals surface area contributed by atoms with Crippen LogP contribution >= 0.6 is 12.6 Å². The van der Waals surface area contributed by atoms with Crippen LogP contribution in [0.5, 0.6) is 5.75 Å².